The Hall–Kier alpha value is -1.17. The maximum atomic E-state index is 6.02. The molecule has 5 heteroatoms. The topological polar surface area (TPSA) is 45.4 Å². The highest BCUT2D eigenvalue weighted by molar-refractivity contribution is 7.13. The van der Waals surface area contributed by atoms with Crippen molar-refractivity contribution in [2.75, 3.05) is 37.6 Å². The maximum absolute atomic E-state index is 6.02. The van der Waals surface area contributed by atoms with E-state index in [4.69, 9.17) is 10.1 Å². The molecule has 1 aliphatic carbocycles. The van der Waals surface area contributed by atoms with Gasteiger partial charge in [-0.05, 0) is 68.2 Å². The zero-order valence-corrected chi connectivity index (χ0v) is 15.2. The van der Waals surface area contributed by atoms with Gasteiger partial charge >= 0.3 is 0 Å². The van der Waals surface area contributed by atoms with E-state index in [2.05, 4.69) is 34.1 Å². The van der Waals surface area contributed by atoms with Crippen LogP contribution in [0.2, 0.25) is 0 Å². The van der Waals surface area contributed by atoms with Crippen molar-refractivity contribution in [3.8, 4) is 0 Å². The van der Waals surface area contributed by atoms with Crippen LogP contribution in [-0.2, 0) is 0 Å². The quantitative estimate of drug-likeness (QED) is 0.924. The Kier molecular flexibility index (Phi) is 5.01. The lowest BCUT2D eigenvalue weighted by atomic mass is 9.84. The summed E-state index contributed by atoms with van der Waals surface area (Å²) < 4.78 is 6.00. The normalized spacial score (nSPS) is 26.1. The van der Waals surface area contributed by atoms with Gasteiger partial charge in [0.2, 0.25) is 0 Å². The molecule has 24 heavy (non-hydrogen) atoms. The van der Waals surface area contributed by atoms with Gasteiger partial charge in [-0.2, -0.15) is 4.37 Å². The van der Waals surface area contributed by atoms with Gasteiger partial charge in [0.05, 0.1) is 4.70 Å². The number of nitrogens with zero attached hydrogens (tertiary/aromatic N) is 3. The minimum Gasteiger partial charge on any atom is -0.353 e. The van der Waals surface area contributed by atoms with Gasteiger partial charge in [0.1, 0.15) is 5.82 Å². The summed E-state index contributed by atoms with van der Waals surface area (Å²) in [5.41, 5.74) is 6.02. The average molecular weight is 345 g/mol. The molecule has 4 rings (SSSR count). The first-order valence-electron chi connectivity index (χ1n) is 9.37. The van der Waals surface area contributed by atoms with E-state index < -0.39 is 0 Å². The molecule has 0 radical (unpaired) electrons. The number of anilines is 1. The fourth-order valence-electron chi connectivity index (χ4n) is 4.13. The van der Waals surface area contributed by atoms with Crippen LogP contribution in [0.4, 0.5) is 5.82 Å². The summed E-state index contributed by atoms with van der Waals surface area (Å²) >= 11 is 1.62. The molecule has 1 saturated carbocycles. The zero-order chi connectivity index (χ0) is 16.4. The van der Waals surface area contributed by atoms with Gasteiger partial charge in [0.15, 0.2) is 0 Å². The molecule has 1 aliphatic heterocycles. The Morgan fingerprint density at radius 3 is 2.58 bits per heavy atom. The maximum Gasteiger partial charge on any atom is 0.150 e. The van der Waals surface area contributed by atoms with Crippen molar-refractivity contribution in [1.29, 1.82) is 0 Å². The number of piperazine rings is 1. The monoisotopic (exact) mass is 344 g/mol. The first-order valence-corrected chi connectivity index (χ1v) is 10.1. The Balaban J connectivity index is 1.27. The van der Waals surface area contributed by atoms with Crippen LogP contribution < -0.4 is 10.6 Å². The second-order valence-corrected chi connectivity index (χ2v) is 8.21. The largest absolute Gasteiger partial charge is 0.353 e. The summed E-state index contributed by atoms with van der Waals surface area (Å²) in [7, 11) is 0. The van der Waals surface area contributed by atoms with Gasteiger partial charge in [-0.15, -0.1) is 0 Å². The second kappa shape index (κ2) is 7.38. The molecule has 2 heterocycles. The van der Waals surface area contributed by atoms with Crippen LogP contribution >= 0.6 is 11.5 Å². The minimum atomic E-state index is 0.470. The van der Waals surface area contributed by atoms with E-state index in [1.165, 1.54) is 54.6 Å². The van der Waals surface area contributed by atoms with Crippen LogP contribution in [0.5, 0.6) is 0 Å². The molecule has 2 aliphatic rings. The fraction of sp³-hybridized carbons (Fsp3) is 0.632. The Labute approximate surface area is 148 Å². The van der Waals surface area contributed by atoms with Crippen molar-refractivity contribution in [2.24, 2.45) is 11.7 Å². The molecule has 2 aromatic rings. The molecular formula is C19H28N4S. The predicted molar refractivity (Wildman–Crippen MR) is 103 cm³/mol. The molecule has 0 atom stereocenters. The van der Waals surface area contributed by atoms with E-state index in [1.54, 1.807) is 11.5 Å². The molecule has 0 unspecified atom stereocenters. The Morgan fingerprint density at radius 1 is 1.04 bits per heavy atom. The fourth-order valence-corrected chi connectivity index (χ4v) is 4.92. The summed E-state index contributed by atoms with van der Waals surface area (Å²) in [4.78, 5) is 5.11. The molecule has 0 amide bonds. The lowest BCUT2D eigenvalue weighted by Crippen LogP contribution is -2.47. The van der Waals surface area contributed by atoms with Crippen molar-refractivity contribution in [2.45, 2.75) is 38.1 Å². The van der Waals surface area contributed by atoms with Gasteiger partial charge in [0, 0.05) is 37.6 Å². The molecule has 130 valence electrons. The number of nitrogens with two attached hydrogens (primary N) is 1. The number of hydrogen-bond donors (Lipinski definition) is 1. The van der Waals surface area contributed by atoms with Gasteiger partial charge in [-0.25, -0.2) is 0 Å². The third-order valence-electron chi connectivity index (χ3n) is 5.78. The number of benzene rings is 1. The number of fused-ring (bicyclic) bond motifs is 1. The summed E-state index contributed by atoms with van der Waals surface area (Å²) in [6.07, 6.45) is 6.49. The smallest absolute Gasteiger partial charge is 0.150 e. The van der Waals surface area contributed by atoms with Crippen LogP contribution in [0.1, 0.15) is 32.1 Å². The van der Waals surface area contributed by atoms with Gasteiger partial charge in [0.25, 0.3) is 0 Å². The van der Waals surface area contributed by atoms with Crippen molar-refractivity contribution < 1.29 is 0 Å². The summed E-state index contributed by atoms with van der Waals surface area (Å²) in [6, 6.07) is 9.06. The molecule has 1 saturated heterocycles. The van der Waals surface area contributed by atoms with E-state index in [0.717, 1.165) is 32.1 Å². The molecule has 0 spiro atoms. The van der Waals surface area contributed by atoms with E-state index >= 15 is 0 Å². The van der Waals surface area contributed by atoms with Gasteiger partial charge < -0.3 is 10.6 Å². The van der Waals surface area contributed by atoms with E-state index in [1.807, 2.05) is 0 Å². The van der Waals surface area contributed by atoms with Crippen LogP contribution in [0.3, 0.4) is 0 Å². The summed E-state index contributed by atoms with van der Waals surface area (Å²) in [5, 5.41) is 1.31. The highest BCUT2D eigenvalue weighted by atomic mass is 32.1. The molecule has 2 fully saturated rings. The van der Waals surface area contributed by atoms with Crippen LogP contribution in [0, 0.1) is 5.92 Å². The molecular weight excluding hydrogens is 316 g/mol. The number of aromatic nitrogens is 1. The van der Waals surface area contributed by atoms with E-state index in [9.17, 15) is 0 Å². The predicted octanol–water partition coefficient (Wildman–Crippen LogP) is 3.33. The third kappa shape index (κ3) is 3.58. The van der Waals surface area contributed by atoms with E-state index in [-0.39, 0.29) is 0 Å². The molecule has 2 N–H and O–H groups in total. The highest BCUT2D eigenvalue weighted by Gasteiger charge is 2.23. The lowest BCUT2D eigenvalue weighted by molar-refractivity contribution is 0.216. The Morgan fingerprint density at radius 2 is 1.79 bits per heavy atom. The SMILES string of the molecule is NC1CCC(CCN2CCN(c3nsc4ccccc34)CC2)CC1. The van der Waals surface area contributed by atoms with Crippen LogP contribution in [0.15, 0.2) is 24.3 Å². The van der Waals surface area contributed by atoms with Crippen LogP contribution in [-0.4, -0.2) is 48.0 Å². The number of rotatable bonds is 4. The summed E-state index contributed by atoms with van der Waals surface area (Å²) in [6.45, 7) is 5.79. The second-order valence-electron chi connectivity index (χ2n) is 7.40. The third-order valence-corrected chi connectivity index (χ3v) is 6.59. The standard InChI is InChI=1S/C19H28N4S/c20-16-7-5-15(6-8-16)9-10-22-11-13-23(14-12-22)19-17-3-1-2-4-18(17)24-21-19/h1-4,15-16H,5-14,20H2. The number of hydrogen-bond acceptors (Lipinski definition) is 5. The molecule has 0 bridgehead atoms. The van der Waals surface area contributed by atoms with Gasteiger partial charge in [-0.1, -0.05) is 12.1 Å². The Bertz CT molecular complexity index is 654. The van der Waals surface area contributed by atoms with Gasteiger partial charge in [-0.3, -0.25) is 4.90 Å². The average Bonchev–Trinajstić information content (AvgIpc) is 3.06. The summed E-state index contributed by atoms with van der Waals surface area (Å²) in [5.74, 6) is 2.10. The van der Waals surface area contributed by atoms with Crippen molar-refractivity contribution in [3.63, 3.8) is 0 Å². The van der Waals surface area contributed by atoms with Crippen molar-refractivity contribution in [3.05, 3.63) is 24.3 Å². The van der Waals surface area contributed by atoms with Crippen LogP contribution in [0.25, 0.3) is 10.1 Å². The molecule has 4 nitrogen and oxygen atoms in total. The minimum absolute atomic E-state index is 0.470. The highest BCUT2D eigenvalue weighted by Crippen LogP contribution is 2.30. The van der Waals surface area contributed by atoms with E-state index in [0.29, 0.717) is 6.04 Å². The van der Waals surface area contributed by atoms with Crippen molar-refractivity contribution in [1.82, 2.24) is 9.27 Å². The first kappa shape index (κ1) is 16.3. The molecule has 1 aromatic carbocycles. The molecule has 1 aromatic heterocycles. The zero-order valence-electron chi connectivity index (χ0n) is 14.4. The lowest BCUT2D eigenvalue weighted by Gasteiger charge is -2.36. The first-order chi connectivity index (χ1) is 11.8. The van der Waals surface area contributed by atoms with Crippen molar-refractivity contribution >= 4 is 27.4 Å².